The summed E-state index contributed by atoms with van der Waals surface area (Å²) in [6.45, 7) is 7.91. The van der Waals surface area contributed by atoms with E-state index < -0.39 is 17.4 Å². The summed E-state index contributed by atoms with van der Waals surface area (Å²) in [5.74, 6) is -1.08. The molecule has 0 spiro atoms. The van der Waals surface area contributed by atoms with Gasteiger partial charge in [0.05, 0.1) is 25.8 Å². The summed E-state index contributed by atoms with van der Waals surface area (Å²) in [6.07, 6.45) is 1.58. The maximum Gasteiger partial charge on any atom is 0.344 e. The summed E-state index contributed by atoms with van der Waals surface area (Å²) < 4.78 is 21.3. The molecule has 0 aliphatic carbocycles. The minimum Gasteiger partial charge on any atom is -0.482 e. The minimum absolute atomic E-state index is 0.0712. The zero-order chi connectivity index (χ0) is 19.9. The lowest BCUT2D eigenvalue weighted by Crippen LogP contribution is -2.33. The molecular formula is C19H26N2O6. The highest BCUT2D eigenvalue weighted by Gasteiger charge is 2.33. The third-order valence-corrected chi connectivity index (χ3v) is 3.44. The Labute approximate surface area is 158 Å². The fraction of sp³-hybridized carbons (Fsp3) is 0.526. The van der Waals surface area contributed by atoms with Gasteiger partial charge in [-0.3, -0.25) is 4.79 Å². The number of rotatable bonds is 7. The number of hydrazone groups is 1. The summed E-state index contributed by atoms with van der Waals surface area (Å²) >= 11 is 0. The highest BCUT2D eigenvalue weighted by molar-refractivity contribution is 5.82. The Balaban J connectivity index is 1.75. The summed E-state index contributed by atoms with van der Waals surface area (Å²) in [7, 11) is 0. The molecule has 1 heterocycles. The van der Waals surface area contributed by atoms with E-state index in [1.807, 2.05) is 0 Å². The zero-order valence-corrected chi connectivity index (χ0v) is 16.1. The Bertz CT molecular complexity index is 672. The van der Waals surface area contributed by atoms with Crippen LogP contribution in [-0.2, 0) is 23.8 Å². The third-order valence-electron chi connectivity index (χ3n) is 3.44. The highest BCUT2D eigenvalue weighted by Crippen LogP contribution is 2.22. The lowest BCUT2D eigenvalue weighted by molar-refractivity contribution is -0.160. The van der Waals surface area contributed by atoms with Crippen molar-refractivity contribution in [1.82, 2.24) is 5.43 Å². The molecule has 1 fully saturated rings. The molecule has 0 unspecified atom stereocenters. The second-order valence-electron chi connectivity index (χ2n) is 7.24. The molecule has 1 aliphatic rings. The molecule has 0 atom stereocenters. The van der Waals surface area contributed by atoms with Gasteiger partial charge in [0.1, 0.15) is 11.4 Å². The van der Waals surface area contributed by atoms with E-state index in [1.54, 1.807) is 52.0 Å². The van der Waals surface area contributed by atoms with Gasteiger partial charge in [0.2, 0.25) is 5.91 Å². The fourth-order valence-electron chi connectivity index (χ4n) is 2.33. The molecule has 0 aromatic heterocycles. The molecular weight excluding hydrogens is 352 g/mol. The number of carbonyl (C=O) groups excluding carboxylic acids is 2. The van der Waals surface area contributed by atoms with Crippen molar-refractivity contribution in [2.24, 2.45) is 5.10 Å². The molecule has 1 aliphatic heterocycles. The maximum absolute atomic E-state index is 11.8. The summed E-state index contributed by atoms with van der Waals surface area (Å²) in [6, 6.07) is 6.92. The summed E-state index contributed by atoms with van der Waals surface area (Å²) in [5, 5.41) is 3.91. The normalized spacial score (nSPS) is 16.3. The molecule has 1 N–H and O–H groups in total. The zero-order valence-electron chi connectivity index (χ0n) is 16.1. The monoisotopic (exact) mass is 378 g/mol. The summed E-state index contributed by atoms with van der Waals surface area (Å²) in [4.78, 5) is 23.5. The molecule has 0 radical (unpaired) electrons. The van der Waals surface area contributed by atoms with Gasteiger partial charge in [0, 0.05) is 0 Å². The van der Waals surface area contributed by atoms with Crippen molar-refractivity contribution in [2.45, 2.75) is 45.5 Å². The van der Waals surface area contributed by atoms with E-state index in [0.717, 1.165) is 5.56 Å². The van der Waals surface area contributed by atoms with Crippen molar-refractivity contribution in [3.8, 4) is 5.75 Å². The number of benzene rings is 1. The van der Waals surface area contributed by atoms with Gasteiger partial charge in [-0.1, -0.05) is 0 Å². The van der Waals surface area contributed by atoms with Crippen LogP contribution in [0.2, 0.25) is 0 Å². The lowest BCUT2D eigenvalue weighted by atomic mass is 10.2. The molecule has 1 aromatic carbocycles. The van der Waals surface area contributed by atoms with E-state index in [1.165, 1.54) is 6.21 Å². The molecule has 8 nitrogen and oxygen atoms in total. The van der Waals surface area contributed by atoms with E-state index in [-0.39, 0.29) is 18.9 Å². The van der Waals surface area contributed by atoms with E-state index >= 15 is 0 Å². The van der Waals surface area contributed by atoms with Gasteiger partial charge in [0.25, 0.3) is 0 Å². The first-order chi connectivity index (χ1) is 12.7. The minimum atomic E-state index is -0.882. The van der Waals surface area contributed by atoms with Crippen molar-refractivity contribution in [2.75, 3.05) is 19.8 Å². The number of carbonyl (C=O) groups is 2. The molecule has 1 amide bonds. The highest BCUT2D eigenvalue weighted by atomic mass is 16.7. The van der Waals surface area contributed by atoms with Crippen LogP contribution in [0.3, 0.4) is 0 Å². The lowest BCUT2D eigenvalue weighted by Gasteiger charge is -2.20. The predicted octanol–water partition coefficient (Wildman–Crippen LogP) is 2.01. The smallest absolute Gasteiger partial charge is 0.344 e. The van der Waals surface area contributed by atoms with Crippen molar-refractivity contribution < 1.29 is 28.5 Å². The largest absolute Gasteiger partial charge is 0.482 e. The van der Waals surface area contributed by atoms with Crippen molar-refractivity contribution in [1.29, 1.82) is 0 Å². The Morgan fingerprint density at radius 2 is 1.85 bits per heavy atom. The molecule has 1 aromatic rings. The first-order valence-corrected chi connectivity index (χ1v) is 8.70. The van der Waals surface area contributed by atoms with Gasteiger partial charge in [-0.15, -0.1) is 0 Å². The van der Waals surface area contributed by atoms with Crippen LogP contribution in [0.15, 0.2) is 29.4 Å². The number of nitrogens with zero attached hydrogens (tertiary/aromatic N) is 1. The van der Waals surface area contributed by atoms with Gasteiger partial charge < -0.3 is 18.9 Å². The average Bonchev–Trinajstić information content (AvgIpc) is 2.98. The first-order valence-electron chi connectivity index (χ1n) is 8.70. The Morgan fingerprint density at radius 3 is 2.44 bits per heavy atom. The van der Waals surface area contributed by atoms with Crippen molar-refractivity contribution in [3.63, 3.8) is 0 Å². The van der Waals surface area contributed by atoms with Crippen molar-refractivity contribution >= 4 is 18.1 Å². The van der Waals surface area contributed by atoms with E-state index in [9.17, 15) is 9.59 Å². The predicted molar refractivity (Wildman–Crippen MR) is 98.4 cm³/mol. The molecule has 148 valence electrons. The molecule has 1 saturated heterocycles. The third kappa shape index (κ3) is 7.76. The summed E-state index contributed by atoms with van der Waals surface area (Å²) in [5.41, 5.74) is 2.66. The number of nitrogens with one attached hydrogen (secondary N) is 1. The van der Waals surface area contributed by atoms with Crippen LogP contribution >= 0.6 is 0 Å². The standard InChI is InChI=1S/C19H26N2O6/c1-18(2,3)27-17(23)13-24-15-7-5-14(6-8-15)12-20-21-16(22)11-19(4)25-9-10-26-19/h5-8,12H,9-11,13H2,1-4H3,(H,21,22)/b20-12-. The van der Waals surface area contributed by atoms with Crippen LogP contribution < -0.4 is 10.2 Å². The first kappa shape index (κ1) is 20.9. The van der Waals surface area contributed by atoms with Crippen LogP contribution in [0.4, 0.5) is 0 Å². The van der Waals surface area contributed by atoms with Crippen LogP contribution in [0.1, 0.15) is 39.7 Å². The van der Waals surface area contributed by atoms with E-state index in [4.69, 9.17) is 18.9 Å². The second-order valence-corrected chi connectivity index (χ2v) is 7.24. The number of hydrogen-bond donors (Lipinski definition) is 1. The number of hydrogen-bond acceptors (Lipinski definition) is 7. The number of amides is 1. The Kier molecular flexibility index (Phi) is 6.92. The Morgan fingerprint density at radius 1 is 1.22 bits per heavy atom. The topological polar surface area (TPSA) is 95.5 Å². The van der Waals surface area contributed by atoms with E-state index in [2.05, 4.69) is 10.5 Å². The average molecular weight is 378 g/mol. The maximum atomic E-state index is 11.8. The van der Waals surface area contributed by atoms with Crippen LogP contribution in [0, 0.1) is 0 Å². The SMILES string of the molecule is CC(C)(C)OC(=O)COc1ccc(/C=N\NC(=O)CC2(C)OCCO2)cc1. The van der Waals surface area contributed by atoms with Crippen LogP contribution in [0.5, 0.6) is 5.75 Å². The van der Waals surface area contributed by atoms with Crippen LogP contribution in [0.25, 0.3) is 0 Å². The van der Waals surface area contributed by atoms with E-state index in [0.29, 0.717) is 19.0 Å². The van der Waals surface area contributed by atoms with Gasteiger partial charge in [0.15, 0.2) is 12.4 Å². The Hall–Kier alpha value is -2.45. The van der Waals surface area contributed by atoms with Gasteiger partial charge in [-0.25, -0.2) is 10.2 Å². The molecule has 27 heavy (non-hydrogen) atoms. The quantitative estimate of drug-likeness (QED) is 0.443. The number of esters is 1. The molecule has 0 saturated carbocycles. The number of ether oxygens (including phenoxy) is 4. The fourth-order valence-corrected chi connectivity index (χ4v) is 2.33. The molecule has 8 heteroatoms. The van der Waals surface area contributed by atoms with Gasteiger partial charge in [-0.2, -0.15) is 5.10 Å². The van der Waals surface area contributed by atoms with Gasteiger partial charge >= 0.3 is 5.97 Å². The molecule has 0 bridgehead atoms. The van der Waals surface area contributed by atoms with Crippen molar-refractivity contribution in [3.05, 3.63) is 29.8 Å². The van der Waals surface area contributed by atoms with Crippen LogP contribution in [-0.4, -0.2) is 49.3 Å². The molecule has 2 rings (SSSR count). The van der Waals surface area contributed by atoms with Gasteiger partial charge in [-0.05, 0) is 57.5 Å². The second kappa shape index (κ2) is 8.96.